The van der Waals surface area contributed by atoms with Crippen LogP contribution in [0.15, 0.2) is 56.7 Å². The van der Waals surface area contributed by atoms with Crippen LogP contribution in [-0.2, 0) is 6.54 Å². The van der Waals surface area contributed by atoms with E-state index in [9.17, 15) is 4.79 Å². The number of benzene rings is 1. The zero-order valence-electron chi connectivity index (χ0n) is 18.2. The number of Topliss-reactive ketones (excluding diaryl/α,β-unsaturated/α-hetero) is 1. The van der Waals surface area contributed by atoms with Crippen LogP contribution in [0, 0.1) is 13.8 Å². The molecule has 166 valence electrons. The molecule has 32 heavy (non-hydrogen) atoms. The summed E-state index contributed by atoms with van der Waals surface area (Å²) in [5, 5.41) is 8.47. The monoisotopic (exact) mass is 453 g/mol. The second-order valence-corrected chi connectivity index (χ2v) is 8.06. The second-order valence-electron chi connectivity index (χ2n) is 7.14. The predicted molar refractivity (Wildman–Crippen MR) is 120 cm³/mol. The molecule has 0 saturated carbocycles. The molecule has 8 nitrogen and oxygen atoms in total. The van der Waals surface area contributed by atoms with Crippen LogP contribution in [0.4, 0.5) is 0 Å². The Morgan fingerprint density at radius 2 is 1.84 bits per heavy atom. The average molecular weight is 454 g/mol. The minimum atomic E-state index is -0.00315. The lowest BCUT2D eigenvalue weighted by Gasteiger charge is -2.07. The van der Waals surface area contributed by atoms with Gasteiger partial charge >= 0.3 is 0 Å². The maximum Gasteiger partial charge on any atom is 0.277 e. The first-order chi connectivity index (χ1) is 15.5. The molecule has 0 unspecified atom stereocenters. The van der Waals surface area contributed by atoms with E-state index >= 15 is 0 Å². The van der Waals surface area contributed by atoms with Gasteiger partial charge in [0.1, 0.15) is 17.3 Å². The summed E-state index contributed by atoms with van der Waals surface area (Å²) in [7, 11) is 3.15. The molecule has 0 N–H and O–H groups in total. The third-order valence-electron chi connectivity index (χ3n) is 5.10. The predicted octanol–water partition coefficient (Wildman–Crippen LogP) is 4.79. The maximum atomic E-state index is 12.9. The van der Waals surface area contributed by atoms with Gasteiger partial charge < -0.3 is 22.9 Å². The van der Waals surface area contributed by atoms with Crippen molar-refractivity contribution in [3.8, 4) is 23.0 Å². The van der Waals surface area contributed by atoms with Gasteiger partial charge in [-0.15, -0.1) is 10.2 Å². The van der Waals surface area contributed by atoms with E-state index in [1.165, 1.54) is 11.8 Å². The summed E-state index contributed by atoms with van der Waals surface area (Å²) in [6, 6.07) is 11.0. The van der Waals surface area contributed by atoms with Gasteiger partial charge in [-0.05, 0) is 44.2 Å². The first kappa shape index (κ1) is 21.8. The fraction of sp³-hybridized carbons (Fsp3) is 0.261. The van der Waals surface area contributed by atoms with Gasteiger partial charge in [0.05, 0.1) is 32.8 Å². The highest BCUT2D eigenvalue weighted by Crippen LogP contribution is 2.31. The lowest BCUT2D eigenvalue weighted by atomic mass is 10.2. The van der Waals surface area contributed by atoms with Crippen molar-refractivity contribution in [3.05, 3.63) is 65.4 Å². The standard InChI is InChI=1S/C23H23N3O5S/c1-14-8-20(15(2)26(14)12-17-6-5-7-30-17)21(27)13-32-23-25-24-22(31-23)16-9-18(28-3)11-19(10-16)29-4/h5-11H,12-13H2,1-4H3. The Bertz CT molecular complexity index is 1200. The minimum Gasteiger partial charge on any atom is -0.497 e. The Kier molecular flexibility index (Phi) is 6.36. The number of carbonyl (C=O) groups is 1. The van der Waals surface area contributed by atoms with Crippen LogP contribution in [0.2, 0.25) is 0 Å². The molecule has 3 heterocycles. The van der Waals surface area contributed by atoms with Crippen molar-refractivity contribution in [2.75, 3.05) is 20.0 Å². The topological polar surface area (TPSA) is 92.5 Å². The molecule has 9 heteroatoms. The zero-order chi connectivity index (χ0) is 22.7. The molecule has 0 radical (unpaired) electrons. The molecule has 0 atom stereocenters. The van der Waals surface area contributed by atoms with Crippen molar-refractivity contribution in [2.24, 2.45) is 0 Å². The van der Waals surface area contributed by atoms with Crippen LogP contribution in [0.25, 0.3) is 11.5 Å². The van der Waals surface area contributed by atoms with E-state index in [0.717, 1.165) is 17.1 Å². The molecule has 0 aliphatic carbocycles. The number of hydrogen-bond acceptors (Lipinski definition) is 8. The van der Waals surface area contributed by atoms with E-state index in [0.29, 0.717) is 40.3 Å². The van der Waals surface area contributed by atoms with E-state index < -0.39 is 0 Å². The molecule has 0 bridgehead atoms. The normalized spacial score (nSPS) is 11.0. The molecule has 0 aliphatic heterocycles. The number of ketones is 1. The highest BCUT2D eigenvalue weighted by atomic mass is 32.2. The van der Waals surface area contributed by atoms with Gasteiger partial charge in [-0.3, -0.25) is 4.79 Å². The number of rotatable bonds is 9. The molecular formula is C23H23N3O5S. The SMILES string of the molecule is COc1cc(OC)cc(-c2nnc(SCC(=O)c3cc(C)n(Cc4ccco4)c3C)o2)c1. The van der Waals surface area contributed by atoms with Crippen molar-refractivity contribution in [1.82, 2.24) is 14.8 Å². The van der Waals surface area contributed by atoms with Crippen molar-refractivity contribution in [2.45, 2.75) is 25.6 Å². The first-order valence-electron chi connectivity index (χ1n) is 9.90. The van der Waals surface area contributed by atoms with Gasteiger partial charge in [-0.1, -0.05) is 11.8 Å². The van der Waals surface area contributed by atoms with Gasteiger partial charge in [-0.2, -0.15) is 0 Å². The number of ether oxygens (including phenoxy) is 2. The summed E-state index contributed by atoms with van der Waals surface area (Å²) in [4.78, 5) is 12.9. The Morgan fingerprint density at radius 1 is 1.09 bits per heavy atom. The molecule has 0 saturated heterocycles. The Balaban J connectivity index is 1.45. The summed E-state index contributed by atoms with van der Waals surface area (Å²) < 4.78 is 23.8. The Morgan fingerprint density at radius 3 is 2.50 bits per heavy atom. The van der Waals surface area contributed by atoms with Gasteiger partial charge in [0.25, 0.3) is 5.22 Å². The third kappa shape index (κ3) is 4.57. The smallest absolute Gasteiger partial charge is 0.277 e. The second kappa shape index (κ2) is 9.35. The average Bonchev–Trinajstić information content (AvgIpc) is 3.55. The molecule has 0 spiro atoms. The number of thioether (sulfide) groups is 1. The van der Waals surface area contributed by atoms with Gasteiger partial charge in [0, 0.05) is 28.6 Å². The van der Waals surface area contributed by atoms with Crippen LogP contribution in [-0.4, -0.2) is 40.5 Å². The van der Waals surface area contributed by atoms with E-state index in [4.69, 9.17) is 18.3 Å². The largest absolute Gasteiger partial charge is 0.497 e. The lowest BCUT2D eigenvalue weighted by molar-refractivity contribution is 0.102. The summed E-state index contributed by atoms with van der Waals surface area (Å²) in [6.45, 7) is 4.50. The van der Waals surface area contributed by atoms with E-state index in [-0.39, 0.29) is 11.5 Å². The molecule has 0 fully saturated rings. The Hall–Kier alpha value is -3.46. The molecule has 0 amide bonds. The van der Waals surface area contributed by atoms with Crippen LogP contribution in [0.5, 0.6) is 11.5 Å². The number of aromatic nitrogens is 3. The number of furan rings is 1. The molecule has 3 aromatic heterocycles. The molecule has 4 aromatic rings. The molecule has 1 aromatic carbocycles. The van der Waals surface area contributed by atoms with Crippen molar-refractivity contribution < 1.29 is 23.1 Å². The van der Waals surface area contributed by atoms with E-state index in [1.54, 1.807) is 38.7 Å². The van der Waals surface area contributed by atoms with Gasteiger partial charge in [0.2, 0.25) is 5.89 Å². The molecule has 0 aliphatic rings. The summed E-state index contributed by atoms with van der Waals surface area (Å²) in [6.07, 6.45) is 1.65. The number of aryl methyl sites for hydroxylation is 1. The van der Waals surface area contributed by atoms with Gasteiger partial charge in [-0.25, -0.2) is 0 Å². The lowest BCUT2D eigenvalue weighted by Crippen LogP contribution is -2.07. The summed E-state index contributed by atoms with van der Waals surface area (Å²) in [5.74, 6) is 2.59. The van der Waals surface area contributed by atoms with Crippen LogP contribution >= 0.6 is 11.8 Å². The zero-order valence-corrected chi connectivity index (χ0v) is 19.1. The maximum absolute atomic E-state index is 12.9. The first-order valence-corrected chi connectivity index (χ1v) is 10.9. The molecular weight excluding hydrogens is 430 g/mol. The fourth-order valence-corrected chi connectivity index (χ4v) is 4.05. The van der Waals surface area contributed by atoms with Crippen molar-refractivity contribution >= 4 is 17.5 Å². The van der Waals surface area contributed by atoms with Gasteiger partial charge in [0.15, 0.2) is 5.78 Å². The number of nitrogens with zero attached hydrogens (tertiary/aromatic N) is 3. The number of carbonyl (C=O) groups excluding carboxylic acids is 1. The van der Waals surface area contributed by atoms with Crippen LogP contribution in [0.3, 0.4) is 0 Å². The number of methoxy groups -OCH3 is 2. The highest BCUT2D eigenvalue weighted by molar-refractivity contribution is 7.99. The third-order valence-corrected chi connectivity index (χ3v) is 5.92. The fourth-order valence-electron chi connectivity index (χ4n) is 3.41. The van der Waals surface area contributed by atoms with Crippen LogP contribution < -0.4 is 9.47 Å². The quantitative estimate of drug-likeness (QED) is 0.264. The van der Waals surface area contributed by atoms with E-state index in [2.05, 4.69) is 14.8 Å². The van der Waals surface area contributed by atoms with Crippen molar-refractivity contribution in [1.29, 1.82) is 0 Å². The van der Waals surface area contributed by atoms with Crippen LogP contribution in [0.1, 0.15) is 27.5 Å². The molecule has 4 rings (SSSR count). The Labute approximate surface area is 189 Å². The highest BCUT2D eigenvalue weighted by Gasteiger charge is 2.19. The summed E-state index contributed by atoms with van der Waals surface area (Å²) >= 11 is 1.21. The summed E-state index contributed by atoms with van der Waals surface area (Å²) in [5.41, 5.74) is 3.26. The van der Waals surface area contributed by atoms with Crippen molar-refractivity contribution in [3.63, 3.8) is 0 Å². The van der Waals surface area contributed by atoms with E-state index in [1.807, 2.05) is 32.0 Å². The minimum absolute atomic E-state index is 0.00315. The number of hydrogen-bond donors (Lipinski definition) is 0.